The molecule has 2 aromatic rings. The highest BCUT2D eigenvalue weighted by Gasteiger charge is 2.26. The summed E-state index contributed by atoms with van der Waals surface area (Å²) in [5, 5.41) is 3.62. The van der Waals surface area contributed by atoms with Crippen LogP contribution in [-0.2, 0) is 11.8 Å². The van der Waals surface area contributed by atoms with Crippen molar-refractivity contribution in [1.29, 1.82) is 0 Å². The lowest BCUT2D eigenvalue weighted by atomic mass is 9.85. The van der Waals surface area contributed by atoms with Crippen LogP contribution >= 0.6 is 0 Å². The van der Waals surface area contributed by atoms with Crippen LogP contribution in [0.25, 0.3) is 0 Å². The molecular weight excluding hydrogens is 286 g/mol. The molecule has 0 amide bonds. The first-order chi connectivity index (χ1) is 10.9. The fourth-order valence-electron chi connectivity index (χ4n) is 3.13. The standard InChI is InChI=1S/C20H25NO2/c1-20(2,3)14-6-8-17-13(10-14)11-18(21-17)16-12-15(22-4)7-9-19(16)23-5/h6-10,12,18,21H,11H2,1-5H3. The number of nitrogens with one attached hydrogen (secondary N) is 1. The van der Waals surface area contributed by atoms with Crippen molar-refractivity contribution in [2.45, 2.75) is 38.6 Å². The molecule has 0 fully saturated rings. The number of rotatable bonds is 3. The first kappa shape index (κ1) is 15.7. The molecular formula is C20H25NO2. The van der Waals surface area contributed by atoms with Crippen molar-refractivity contribution >= 4 is 5.69 Å². The van der Waals surface area contributed by atoms with E-state index in [2.05, 4.69) is 50.4 Å². The van der Waals surface area contributed by atoms with E-state index in [0.717, 1.165) is 23.5 Å². The summed E-state index contributed by atoms with van der Waals surface area (Å²) in [6.45, 7) is 6.75. The quantitative estimate of drug-likeness (QED) is 0.890. The Kier molecular flexibility index (Phi) is 3.97. The van der Waals surface area contributed by atoms with Gasteiger partial charge in [0.25, 0.3) is 0 Å². The van der Waals surface area contributed by atoms with Crippen molar-refractivity contribution in [1.82, 2.24) is 0 Å². The Bertz CT molecular complexity index is 716. The van der Waals surface area contributed by atoms with E-state index >= 15 is 0 Å². The minimum absolute atomic E-state index is 0.167. The zero-order valence-electron chi connectivity index (χ0n) is 14.6. The summed E-state index contributed by atoms with van der Waals surface area (Å²) in [6, 6.07) is 12.9. The smallest absolute Gasteiger partial charge is 0.124 e. The van der Waals surface area contributed by atoms with Gasteiger partial charge in [0, 0.05) is 11.3 Å². The summed E-state index contributed by atoms with van der Waals surface area (Å²) in [6.07, 6.45) is 0.961. The molecule has 0 radical (unpaired) electrons. The van der Waals surface area contributed by atoms with Crippen LogP contribution < -0.4 is 14.8 Å². The number of hydrogen-bond donors (Lipinski definition) is 1. The lowest BCUT2D eigenvalue weighted by molar-refractivity contribution is 0.396. The number of hydrogen-bond acceptors (Lipinski definition) is 3. The molecule has 0 aromatic heterocycles. The lowest BCUT2D eigenvalue weighted by Crippen LogP contribution is -2.11. The molecule has 1 unspecified atom stereocenters. The number of ether oxygens (including phenoxy) is 2. The van der Waals surface area contributed by atoms with Crippen molar-refractivity contribution < 1.29 is 9.47 Å². The molecule has 1 N–H and O–H groups in total. The Labute approximate surface area is 138 Å². The van der Waals surface area contributed by atoms with Gasteiger partial charge in [-0.2, -0.15) is 0 Å². The zero-order valence-corrected chi connectivity index (χ0v) is 14.6. The number of fused-ring (bicyclic) bond motifs is 1. The summed E-state index contributed by atoms with van der Waals surface area (Å²) in [4.78, 5) is 0. The summed E-state index contributed by atoms with van der Waals surface area (Å²) in [7, 11) is 3.41. The molecule has 1 atom stereocenters. The Morgan fingerprint density at radius 2 is 1.78 bits per heavy atom. The fraction of sp³-hybridized carbons (Fsp3) is 0.400. The highest BCUT2D eigenvalue weighted by atomic mass is 16.5. The number of benzene rings is 2. The van der Waals surface area contributed by atoms with Crippen molar-refractivity contribution in [2.24, 2.45) is 0 Å². The fourth-order valence-corrected chi connectivity index (χ4v) is 3.13. The molecule has 0 bridgehead atoms. The van der Waals surface area contributed by atoms with Crippen molar-refractivity contribution in [3.63, 3.8) is 0 Å². The molecule has 1 aliphatic heterocycles. The van der Waals surface area contributed by atoms with Gasteiger partial charge in [0.15, 0.2) is 0 Å². The third-order valence-electron chi connectivity index (χ3n) is 4.54. The van der Waals surface area contributed by atoms with Gasteiger partial charge in [-0.25, -0.2) is 0 Å². The Morgan fingerprint density at radius 3 is 2.43 bits per heavy atom. The largest absolute Gasteiger partial charge is 0.497 e. The van der Waals surface area contributed by atoms with E-state index in [1.54, 1.807) is 14.2 Å². The van der Waals surface area contributed by atoms with Crippen LogP contribution in [0, 0.1) is 0 Å². The normalized spacial score (nSPS) is 16.7. The molecule has 3 heteroatoms. The van der Waals surface area contributed by atoms with Crippen LogP contribution in [-0.4, -0.2) is 14.2 Å². The van der Waals surface area contributed by atoms with Crippen LogP contribution in [0.2, 0.25) is 0 Å². The van der Waals surface area contributed by atoms with Crippen LogP contribution in [0.15, 0.2) is 36.4 Å². The van der Waals surface area contributed by atoms with Crippen molar-refractivity contribution in [2.75, 3.05) is 19.5 Å². The summed E-state index contributed by atoms with van der Waals surface area (Å²) >= 11 is 0. The first-order valence-electron chi connectivity index (χ1n) is 8.04. The SMILES string of the molecule is COc1ccc(OC)c(C2Cc3cc(C(C)(C)C)ccc3N2)c1. The van der Waals surface area contributed by atoms with E-state index in [1.807, 2.05) is 12.1 Å². The summed E-state index contributed by atoms with van der Waals surface area (Å²) in [5.41, 5.74) is 5.26. The number of anilines is 1. The van der Waals surface area contributed by atoms with Crippen LogP contribution in [0.5, 0.6) is 11.5 Å². The predicted molar refractivity (Wildman–Crippen MR) is 94.8 cm³/mol. The van der Waals surface area contributed by atoms with Gasteiger partial charge in [-0.15, -0.1) is 0 Å². The van der Waals surface area contributed by atoms with Crippen LogP contribution in [0.1, 0.15) is 43.5 Å². The molecule has 2 aromatic carbocycles. The van der Waals surface area contributed by atoms with Gasteiger partial charge >= 0.3 is 0 Å². The van der Waals surface area contributed by atoms with Gasteiger partial charge in [0.1, 0.15) is 11.5 Å². The minimum atomic E-state index is 0.167. The van der Waals surface area contributed by atoms with E-state index in [4.69, 9.17) is 9.47 Å². The summed E-state index contributed by atoms with van der Waals surface area (Å²) in [5.74, 6) is 1.75. The van der Waals surface area contributed by atoms with Crippen LogP contribution in [0.4, 0.5) is 5.69 Å². The van der Waals surface area contributed by atoms with Gasteiger partial charge in [0.2, 0.25) is 0 Å². The third kappa shape index (κ3) is 3.00. The van der Waals surface area contributed by atoms with Gasteiger partial charge in [-0.05, 0) is 47.2 Å². The molecule has 122 valence electrons. The molecule has 3 nitrogen and oxygen atoms in total. The van der Waals surface area contributed by atoms with E-state index in [-0.39, 0.29) is 11.5 Å². The Morgan fingerprint density at radius 1 is 1.00 bits per heavy atom. The maximum atomic E-state index is 5.54. The number of methoxy groups -OCH3 is 2. The second kappa shape index (κ2) is 5.80. The van der Waals surface area contributed by atoms with E-state index in [9.17, 15) is 0 Å². The third-order valence-corrected chi connectivity index (χ3v) is 4.54. The van der Waals surface area contributed by atoms with Gasteiger partial charge in [0.05, 0.1) is 20.3 Å². The molecule has 0 saturated carbocycles. The highest BCUT2D eigenvalue weighted by Crippen LogP contribution is 2.40. The highest BCUT2D eigenvalue weighted by molar-refractivity contribution is 5.61. The second-order valence-corrected chi connectivity index (χ2v) is 7.13. The van der Waals surface area contributed by atoms with E-state index in [1.165, 1.54) is 16.8 Å². The second-order valence-electron chi connectivity index (χ2n) is 7.13. The van der Waals surface area contributed by atoms with E-state index < -0.39 is 0 Å². The molecule has 1 heterocycles. The maximum Gasteiger partial charge on any atom is 0.124 e. The summed E-state index contributed by atoms with van der Waals surface area (Å²) < 4.78 is 10.9. The molecule has 0 spiro atoms. The average molecular weight is 311 g/mol. The first-order valence-corrected chi connectivity index (χ1v) is 8.04. The predicted octanol–water partition coefficient (Wildman–Crippen LogP) is 4.71. The Hall–Kier alpha value is -2.16. The van der Waals surface area contributed by atoms with Crippen molar-refractivity contribution in [3.8, 4) is 11.5 Å². The van der Waals surface area contributed by atoms with Gasteiger partial charge in [-0.1, -0.05) is 32.9 Å². The molecule has 0 aliphatic carbocycles. The van der Waals surface area contributed by atoms with Crippen molar-refractivity contribution in [3.05, 3.63) is 53.1 Å². The maximum absolute atomic E-state index is 5.54. The topological polar surface area (TPSA) is 30.5 Å². The van der Waals surface area contributed by atoms with Gasteiger partial charge in [-0.3, -0.25) is 0 Å². The minimum Gasteiger partial charge on any atom is -0.497 e. The monoisotopic (exact) mass is 311 g/mol. The Balaban J connectivity index is 1.93. The van der Waals surface area contributed by atoms with Gasteiger partial charge < -0.3 is 14.8 Å². The zero-order chi connectivity index (χ0) is 16.6. The molecule has 1 aliphatic rings. The molecule has 0 saturated heterocycles. The molecule has 3 rings (SSSR count). The lowest BCUT2D eigenvalue weighted by Gasteiger charge is -2.19. The average Bonchev–Trinajstić information content (AvgIpc) is 2.96. The van der Waals surface area contributed by atoms with E-state index in [0.29, 0.717) is 0 Å². The molecule has 23 heavy (non-hydrogen) atoms. The van der Waals surface area contributed by atoms with Crippen LogP contribution in [0.3, 0.4) is 0 Å².